The minimum atomic E-state index is -0.738. The first-order valence-corrected chi connectivity index (χ1v) is 12.1. The van der Waals surface area contributed by atoms with Crippen molar-refractivity contribution in [2.24, 2.45) is 5.92 Å². The highest BCUT2D eigenvalue weighted by Crippen LogP contribution is 2.26. The number of aromatic nitrogens is 2. The molecular weight excluding hydrogens is 502 g/mol. The van der Waals surface area contributed by atoms with Crippen LogP contribution in [0.4, 0.5) is 10.5 Å². The van der Waals surface area contributed by atoms with Crippen LogP contribution in [0.2, 0.25) is 0 Å². The van der Waals surface area contributed by atoms with Crippen LogP contribution in [0.5, 0.6) is 11.5 Å². The number of benzene rings is 2. The van der Waals surface area contributed by atoms with Crippen LogP contribution in [0.15, 0.2) is 71.3 Å². The Balaban J connectivity index is 1.38. The van der Waals surface area contributed by atoms with Crippen LogP contribution in [-0.2, 0) is 16.1 Å². The molecule has 1 N–H and O–H groups in total. The van der Waals surface area contributed by atoms with Crippen LogP contribution >= 0.6 is 0 Å². The molecule has 2 heterocycles. The molecule has 1 unspecified atom stereocenters. The Hall–Kier alpha value is -5.06. The van der Waals surface area contributed by atoms with Gasteiger partial charge in [-0.1, -0.05) is 29.5 Å². The number of hydrogen-bond donors (Lipinski definition) is 1. The van der Waals surface area contributed by atoms with Crippen molar-refractivity contribution in [1.82, 2.24) is 15.0 Å². The molecule has 0 bridgehead atoms. The molecule has 0 spiro atoms. The van der Waals surface area contributed by atoms with Gasteiger partial charge in [0.05, 0.1) is 19.9 Å². The van der Waals surface area contributed by atoms with Crippen LogP contribution < -0.4 is 14.8 Å². The Kier molecular flexibility index (Phi) is 7.04. The van der Waals surface area contributed by atoms with E-state index in [0.29, 0.717) is 34.3 Å². The maximum Gasteiger partial charge on any atom is 0.501 e. The average molecular weight is 529 g/mol. The average Bonchev–Trinajstić information content (AvgIpc) is 3.42. The topological polar surface area (TPSA) is 127 Å². The molecule has 198 valence electrons. The third kappa shape index (κ3) is 5.19. The minimum Gasteiger partial charge on any atom is -0.497 e. The Morgan fingerprint density at radius 3 is 2.64 bits per heavy atom. The molecule has 1 atom stereocenters. The van der Waals surface area contributed by atoms with Crippen LogP contribution in [0.25, 0.3) is 11.4 Å². The van der Waals surface area contributed by atoms with Gasteiger partial charge in [0.15, 0.2) is 13.1 Å². The van der Waals surface area contributed by atoms with Gasteiger partial charge in [0, 0.05) is 5.56 Å². The number of nitrogens with zero attached hydrogens (tertiary/aromatic N) is 4. The van der Waals surface area contributed by atoms with E-state index in [-0.39, 0.29) is 19.0 Å². The fraction of sp³-hybridized carbons (Fsp3) is 0.214. The second kappa shape index (κ2) is 10.7. The van der Waals surface area contributed by atoms with Gasteiger partial charge in [-0.05, 0) is 55.0 Å². The molecule has 4 amide bonds. The van der Waals surface area contributed by atoms with Crippen molar-refractivity contribution in [3.05, 3.63) is 78.2 Å². The summed E-state index contributed by atoms with van der Waals surface area (Å²) >= 11 is 0. The Bertz CT molecular complexity index is 1540. The Morgan fingerprint density at radius 2 is 1.90 bits per heavy atom. The van der Waals surface area contributed by atoms with Crippen molar-refractivity contribution in [1.29, 1.82) is 0 Å². The second-order valence-corrected chi connectivity index (χ2v) is 8.93. The summed E-state index contributed by atoms with van der Waals surface area (Å²) in [6, 6.07) is 11.8. The zero-order valence-corrected chi connectivity index (χ0v) is 21.6. The number of hydrogen-bond acceptors (Lipinski definition) is 8. The lowest BCUT2D eigenvalue weighted by atomic mass is 9.94. The Labute approximate surface area is 224 Å². The molecule has 1 aromatic heterocycles. The predicted octanol–water partition coefficient (Wildman–Crippen LogP) is 3.36. The summed E-state index contributed by atoms with van der Waals surface area (Å²) in [5.41, 5.74) is 2.51. The molecule has 11 nitrogen and oxygen atoms in total. The summed E-state index contributed by atoms with van der Waals surface area (Å²) < 4.78 is 17.1. The number of amides is 4. The predicted molar refractivity (Wildman–Crippen MR) is 140 cm³/mol. The van der Waals surface area contributed by atoms with Gasteiger partial charge in [0.25, 0.3) is 11.8 Å². The van der Waals surface area contributed by atoms with Crippen molar-refractivity contribution in [3.8, 4) is 22.9 Å². The number of rotatable bonds is 8. The van der Waals surface area contributed by atoms with Crippen LogP contribution in [0, 0.1) is 12.8 Å². The fourth-order valence-corrected chi connectivity index (χ4v) is 4.39. The number of methoxy groups -OCH3 is 2. The van der Waals surface area contributed by atoms with Gasteiger partial charge in [-0.2, -0.15) is 14.4 Å². The number of aryl methyl sites for hydroxylation is 1. The van der Waals surface area contributed by atoms with Crippen molar-refractivity contribution in [2.75, 3.05) is 26.1 Å². The third-order valence-electron chi connectivity index (χ3n) is 6.35. The fourth-order valence-electron chi connectivity index (χ4n) is 4.39. The lowest BCUT2D eigenvalue weighted by Gasteiger charge is -2.25. The van der Waals surface area contributed by atoms with Gasteiger partial charge in [-0.15, -0.1) is 4.90 Å². The normalized spacial score (nSPS) is 16.4. The van der Waals surface area contributed by atoms with E-state index in [1.165, 1.54) is 11.7 Å². The number of urea groups is 1. The van der Waals surface area contributed by atoms with Crippen molar-refractivity contribution in [2.45, 2.75) is 13.5 Å². The molecule has 3 aromatic rings. The second-order valence-electron chi connectivity index (χ2n) is 8.93. The highest BCUT2D eigenvalue weighted by Gasteiger charge is 2.48. The van der Waals surface area contributed by atoms with Gasteiger partial charge in [-0.3, -0.25) is 4.79 Å². The van der Waals surface area contributed by atoms with E-state index in [4.69, 9.17) is 14.0 Å². The van der Waals surface area contributed by atoms with Gasteiger partial charge < -0.3 is 19.3 Å². The van der Waals surface area contributed by atoms with E-state index < -0.39 is 23.8 Å². The first-order valence-electron chi connectivity index (χ1n) is 12.1. The number of allylic oxidation sites excluding steroid dienone is 3. The summed E-state index contributed by atoms with van der Waals surface area (Å²) in [4.78, 5) is 45.3. The molecular formula is C28H26N5O6+. The molecule has 2 aromatic carbocycles. The third-order valence-corrected chi connectivity index (χ3v) is 6.35. The quantitative estimate of drug-likeness (QED) is 0.441. The van der Waals surface area contributed by atoms with E-state index in [1.54, 1.807) is 67.8 Å². The lowest BCUT2D eigenvalue weighted by molar-refractivity contribution is -0.428. The van der Waals surface area contributed by atoms with Gasteiger partial charge in [-0.25, -0.2) is 4.79 Å². The molecule has 0 saturated carbocycles. The highest BCUT2D eigenvalue weighted by atomic mass is 16.5. The summed E-state index contributed by atoms with van der Waals surface area (Å²) in [6.07, 6.45) is 6.79. The number of ether oxygens (including phenoxy) is 2. The van der Waals surface area contributed by atoms with Crippen molar-refractivity contribution in [3.63, 3.8) is 0 Å². The van der Waals surface area contributed by atoms with E-state index in [9.17, 15) is 14.4 Å². The molecule has 39 heavy (non-hydrogen) atoms. The summed E-state index contributed by atoms with van der Waals surface area (Å²) in [5, 5.41) is 6.79. The first kappa shape index (κ1) is 25.6. The number of imide groups is 1. The Morgan fingerprint density at radius 1 is 1.10 bits per heavy atom. The molecule has 1 aliphatic heterocycles. The molecule has 0 radical (unpaired) electrons. The summed E-state index contributed by atoms with van der Waals surface area (Å²) in [5.74, 6) is -0.0784. The monoisotopic (exact) mass is 528 g/mol. The van der Waals surface area contributed by atoms with Crippen molar-refractivity contribution >= 4 is 29.2 Å². The molecule has 5 rings (SSSR count). The molecule has 11 heteroatoms. The zero-order valence-electron chi connectivity index (χ0n) is 21.6. The van der Waals surface area contributed by atoms with Gasteiger partial charge >= 0.3 is 11.9 Å². The standard InChI is InChI=1S/C28H25N5O6/c1-17-8-13-23(38-3)21(14-17)29-24(34)15-32-22-7-5-4-6-20(22)27(35)33(28(32)36)16-25-30-26(31-39-25)18-9-11-19(37-2)12-10-18/h4-14,20H,15-16H2,1-3H3/p+1. The number of carbonyl (C=O) groups is 3. The van der Waals surface area contributed by atoms with Gasteiger partial charge in [0.2, 0.25) is 5.82 Å². The first-order chi connectivity index (χ1) is 18.9. The summed E-state index contributed by atoms with van der Waals surface area (Å²) in [7, 11) is 3.08. The number of carbonyl (C=O) groups excluding carboxylic acids is 3. The number of nitrogens with one attached hydrogen (secondary N) is 1. The molecule has 2 aliphatic rings. The maximum atomic E-state index is 13.6. The SMILES string of the molecule is COc1ccc(-c2noc(CN3C(=O)C4C=CC=CC4=[N+](CC(=O)Nc4cc(C)ccc4OC)C3=O)n2)cc1. The van der Waals surface area contributed by atoms with E-state index >= 15 is 0 Å². The van der Waals surface area contributed by atoms with Crippen molar-refractivity contribution < 1.29 is 33.0 Å². The lowest BCUT2D eigenvalue weighted by Crippen LogP contribution is -2.55. The van der Waals surface area contributed by atoms with Crippen LogP contribution in [-0.4, -0.2) is 63.9 Å². The van der Waals surface area contributed by atoms with E-state index in [0.717, 1.165) is 10.5 Å². The largest absolute Gasteiger partial charge is 0.501 e. The summed E-state index contributed by atoms with van der Waals surface area (Å²) in [6.45, 7) is 1.33. The smallest absolute Gasteiger partial charge is 0.497 e. The zero-order chi connectivity index (χ0) is 27.5. The minimum absolute atomic E-state index is 0.0789. The van der Waals surface area contributed by atoms with E-state index in [2.05, 4.69) is 15.5 Å². The number of fused-ring (bicyclic) bond motifs is 1. The molecule has 1 aliphatic carbocycles. The van der Waals surface area contributed by atoms with Crippen LogP contribution in [0.1, 0.15) is 11.5 Å². The van der Waals surface area contributed by atoms with E-state index in [1.807, 2.05) is 13.0 Å². The molecule has 0 saturated heterocycles. The number of anilines is 1. The van der Waals surface area contributed by atoms with Crippen LogP contribution in [0.3, 0.4) is 0 Å². The highest BCUT2D eigenvalue weighted by molar-refractivity contribution is 6.17. The maximum absolute atomic E-state index is 13.6. The van der Waals surface area contributed by atoms with Gasteiger partial charge in [0.1, 0.15) is 23.1 Å². The molecule has 0 fully saturated rings.